The molecule has 1 aliphatic heterocycles. The number of methoxy groups -OCH3 is 1. The van der Waals surface area contributed by atoms with Gasteiger partial charge in [0.15, 0.2) is 5.96 Å². The lowest BCUT2D eigenvalue weighted by atomic mass is 10.2. The molecule has 148 valence electrons. The highest BCUT2D eigenvalue weighted by Gasteiger charge is 2.21. The smallest absolute Gasteiger partial charge is 0.227 e. The van der Waals surface area contributed by atoms with Crippen molar-refractivity contribution in [3.05, 3.63) is 59.7 Å². The summed E-state index contributed by atoms with van der Waals surface area (Å²) in [6, 6.07) is 16.1. The first kappa shape index (κ1) is 19.7. The molecule has 1 amide bonds. The lowest BCUT2D eigenvalue weighted by Gasteiger charge is -2.23. The molecule has 1 saturated heterocycles. The number of ether oxygens (including phenoxy) is 1. The Morgan fingerprint density at radius 3 is 2.61 bits per heavy atom. The zero-order chi connectivity index (χ0) is 19.9. The molecular weight excluding hydrogens is 352 g/mol. The number of nitrogens with one attached hydrogen (secondary N) is 1. The van der Waals surface area contributed by atoms with E-state index >= 15 is 0 Å². The van der Waals surface area contributed by atoms with Gasteiger partial charge in [-0.25, -0.2) is 0 Å². The van der Waals surface area contributed by atoms with Crippen molar-refractivity contribution >= 4 is 17.6 Å². The van der Waals surface area contributed by atoms with Gasteiger partial charge in [0.2, 0.25) is 5.91 Å². The van der Waals surface area contributed by atoms with E-state index < -0.39 is 0 Å². The Balaban J connectivity index is 1.58. The van der Waals surface area contributed by atoms with Crippen LogP contribution in [-0.4, -0.2) is 44.5 Å². The molecule has 0 unspecified atom stereocenters. The summed E-state index contributed by atoms with van der Waals surface area (Å²) in [5.41, 5.74) is 3.22. The van der Waals surface area contributed by atoms with Crippen molar-refractivity contribution in [2.45, 2.75) is 25.9 Å². The van der Waals surface area contributed by atoms with Crippen LogP contribution in [0.1, 0.15) is 24.0 Å². The van der Waals surface area contributed by atoms with E-state index in [1.54, 1.807) is 14.2 Å². The number of hydrogen-bond acceptors (Lipinski definition) is 3. The largest absolute Gasteiger partial charge is 0.496 e. The van der Waals surface area contributed by atoms with Gasteiger partial charge in [-0.3, -0.25) is 9.79 Å². The van der Waals surface area contributed by atoms with Crippen molar-refractivity contribution < 1.29 is 9.53 Å². The third kappa shape index (κ3) is 4.63. The van der Waals surface area contributed by atoms with Gasteiger partial charge >= 0.3 is 0 Å². The van der Waals surface area contributed by atoms with Crippen molar-refractivity contribution in [1.82, 2.24) is 10.2 Å². The Bertz CT molecular complexity index is 833. The number of carbonyl (C=O) groups is 1. The van der Waals surface area contributed by atoms with Gasteiger partial charge in [0, 0.05) is 51.4 Å². The summed E-state index contributed by atoms with van der Waals surface area (Å²) in [6.45, 7) is 2.17. The third-order valence-corrected chi connectivity index (χ3v) is 4.95. The lowest BCUT2D eigenvalue weighted by molar-refractivity contribution is -0.117. The predicted molar refractivity (Wildman–Crippen MR) is 113 cm³/mol. The molecule has 0 atom stereocenters. The average molecular weight is 380 g/mol. The van der Waals surface area contributed by atoms with Gasteiger partial charge in [0.1, 0.15) is 5.75 Å². The summed E-state index contributed by atoms with van der Waals surface area (Å²) in [5.74, 6) is 1.89. The molecule has 1 fully saturated rings. The number of anilines is 1. The van der Waals surface area contributed by atoms with Gasteiger partial charge in [0.05, 0.1) is 7.11 Å². The number of hydrogen-bond donors (Lipinski definition) is 1. The fourth-order valence-electron chi connectivity index (χ4n) is 3.44. The molecule has 0 aliphatic carbocycles. The van der Waals surface area contributed by atoms with E-state index in [9.17, 15) is 4.79 Å². The number of nitrogens with zero attached hydrogens (tertiary/aromatic N) is 3. The van der Waals surface area contributed by atoms with E-state index in [-0.39, 0.29) is 5.91 Å². The maximum atomic E-state index is 11.9. The van der Waals surface area contributed by atoms with E-state index in [0.717, 1.165) is 41.5 Å². The number of amides is 1. The highest BCUT2D eigenvalue weighted by Crippen LogP contribution is 2.22. The number of aliphatic imine (C=N–C) groups is 1. The zero-order valence-electron chi connectivity index (χ0n) is 16.8. The minimum Gasteiger partial charge on any atom is -0.496 e. The van der Waals surface area contributed by atoms with Crippen LogP contribution in [-0.2, 0) is 17.9 Å². The van der Waals surface area contributed by atoms with Crippen LogP contribution < -0.4 is 15.0 Å². The second-order valence-electron chi connectivity index (χ2n) is 6.88. The molecule has 3 rings (SSSR count). The summed E-state index contributed by atoms with van der Waals surface area (Å²) < 4.78 is 5.43. The fourth-order valence-corrected chi connectivity index (χ4v) is 3.44. The highest BCUT2D eigenvalue weighted by molar-refractivity contribution is 5.95. The molecule has 6 nitrogen and oxygen atoms in total. The number of guanidine groups is 1. The molecule has 0 bridgehead atoms. The normalized spacial score (nSPS) is 14.3. The van der Waals surface area contributed by atoms with Crippen LogP contribution in [0.25, 0.3) is 0 Å². The Kier molecular flexibility index (Phi) is 6.53. The standard InChI is InChI=1S/C22H28N4O2/c1-23-22(25(2)16-18-7-4-5-8-20(18)28-3)24-15-17-10-12-19(13-11-17)26-14-6-9-21(26)27/h4-5,7-8,10-13H,6,9,14-16H2,1-3H3,(H,23,24). The molecule has 0 saturated carbocycles. The molecule has 2 aromatic rings. The van der Waals surface area contributed by atoms with Crippen LogP contribution in [0.5, 0.6) is 5.75 Å². The van der Waals surface area contributed by atoms with Crippen molar-refractivity contribution in [2.75, 3.05) is 32.6 Å². The fraction of sp³-hybridized carbons (Fsp3) is 0.364. The summed E-state index contributed by atoms with van der Waals surface area (Å²) in [5, 5.41) is 3.40. The molecule has 0 radical (unpaired) electrons. The Hall–Kier alpha value is -3.02. The Morgan fingerprint density at radius 1 is 1.21 bits per heavy atom. The number of rotatable bonds is 6. The van der Waals surface area contributed by atoms with Crippen LogP contribution >= 0.6 is 0 Å². The first-order valence-electron chi connectivity index (χ1n) is 9.55. The van der Waals surface area contributed by atoms with Crippen molar-refractivity contribution in [3.63, 3.8) is 0 Å². The molecule has 0 aromatic heterocycles. The van der Waals surface area contributed by atoms with E-state index in [0.29, 0.717) is 19.5 Å². The van der Waals surface area contributed by atoms with E-state index in [2.05, 4.69) is 33.4 Å². The number of carbonyl (C=O) groups excluding carboxylic acids is 1. The molecule has 2 aromatic carbocycles. The van der Waals surface area contributed by atoms with Gasteiger partial charge in [-0.1, -0.05) is 30.3 Å². The molecule has 1 N–H and O–H groups in total. The summed E-state index contributed by atoms with van der Waals surface area (Å²) in [6.07, 6.45) is 1.59. The first-order valence-corrected chi connectivity index (χ1v) is 9.55. The Labute approximate surface area is 166 Å². The van der Waals surface area contributed by atoms with Crippen LogP contribution in [0.2, 0.25) is 0 Å². The van der Waals surface area contributed by atoms with E-state index in [1.165, 1.54) is 0 Å². The van der Waals surface area contributed by atoms with Crippen molar-refractivity contribution in [2.24, 2.45) is 4.99 Å². The van der Waals surface area contributed by atoms with Gasteiger partial charge in [-0.15, -0.1) is 0 Å². The zero-order valence-corrected chi connectivity index (χ0v) is 16.8. The van der Waals surface area contributed by atoms with Crippen molar-refractivity contribution in [1.29, 1.82) is 0 Å². The van der Waals surface area contributed by atoms with Crippen LogP contribution in [0.15, 0.2) is 53.5 Å². The SMILES string of the molecule is CN=C(NCc1ccc(N2CCCC2=O)cc1)N(C)Cc1ccccc1OC. The topological polar surface area (TPSA) is 57.2 Å². The Morgan fingerprint density at radius 2 is 1.96 bits per heavy atom. The quantitative estimate of drug-likeness (QED) is 0.618. The number of para-hydroxylation sites is 1. The van der Waals surface area contributed by atoms with Crippen LogP contribution in [0, 0.1) is 0 Å². The summed E-state index contributed by atoms with van der Waals surface area (Å²) in [7, 11) is 5.47. The van der Waals surface area contributed by atoms with Gasteiger partial charge in [-0.05, 0) is 30.2 Å². The van der Waals surface area contributed by atoms with Gasteiger partial charge < -0.3 is 19.9 Å². The molecule has 28 heavy (non-hydrogen) atoms. The second-order valence-corrected chi connectivity index (χ2v) is 6.88. The third-order valence-electron chi connectivity index (χ3n) is 4.95. The highest BCUT2D eigenvalue weighted by atomic mass is 16.5. The van der Waals surface area contributed by atoms with Crippen LogP contribution in [0.4, 0.5) is 5.69 Å². The second kappa shape index (κ2) is 9.26. The predicted octanol–water partition coefficient (Wildman–Crippen LogP) is 3.03. The first-order chi connectivity index (χ1) is 13.6. The minimum absolute atomic E-state index is 0.212. The molecule has 0 spiro atoms. The summed E-state index contributed by atoms with van der Waals surface area (Å²) in [4.78, 5) is 20.2. The van der Waals surface area contributed by atoms with Crippen molar-refractivity contribution in [3.8, 4) is 5.75 Å². The lowest BCUT2D eigenvalue weighted by Crippen LogP contribution is -2.38. The maximum Gasteiger partial charge on any atom is 0.227 e. The van der Waals surface area contributed by atoms with E-state index in [4.69, 9.17) is 4.74 Å². The maximum absolute atomic E-state index is 11.9. The molecule has 1 heterocycles. The summed E-state index contributed by atoms with van der Waals surface area (Å²) >= 11 is 0. The van der Waals surface area contributed by atoms with E-state index in [1.807, 2.05) is 42.3 Å². The molecular formula is C22H28N4O2. The molecule has 6 heteroatoms. The average Bonchev–Trinajstić information content (AvgIpc) is 3.15. The number of benzene rings is 2. The monoisotopic (exact) mass is 380 g/mol. The van der Waals surface area contributed by atoms with Gasteiger partial charge in [-0.2, -0.15) is 0 Å². The van der Waals surface area contributed by atoms with Crippen LogP contribution in [0.3, 0.4) is 0 Å². The molecule has 1 aliphatic rings. The van der Waals surface area contributed by atoms with Gasteiger partial charge in [0.25, 0.3) is 0 Å². The minimum atomic E-state index is 0.212.